The van der Waals surface area contributed by atoms with Crippen LogP contribution in [0, 0.1) is 5.82 Å². The summed E-state index contributed by atoms with van der Waals surface area (Å²) >= 11 is 8.39. The first-order valence-corrected chi connectivity index (χ1v) is 7.70. The highest BCUT2D eigenvalue weighted by molar-refractivity contribution is 9.10. The second-order valence-corrected chi connectivity index (χ2v) is 5.72. The molecule has 1 aromatic heterocycles. The van der Waals surface area contributed by atoms with Gasteiger partial charge in [0.15, 0.2) is 10.9 Å². The minimum atomic E-state index is -0.507. The topological polar surface area (TPSA) is 54.0 Å². The van der Waals surface area contributed by atoms with Gasteiger partial charge in [0, 0.05) is 23.6 Å². The van der Waals surface area contributed by atoms with Crippen molar-refractivity contribution in [2.24, 2.45) is 0 Å². The molecule has 22 heavy (non-hydrogen) atoms. The van der Waals surface area contributed by atoms with E-state index in [4.69, 9.17) is 12.2 Å². The van der Waals surface area contributed by atoms with Crippen molar-refractivity contribution in [1.29, 1.82) is 0 Å². The molecule has 1 aromatic carbocycles. The molecule has 4 nitrogen and oxygen atoms in total. The summed E-state index contributed by atoms with van der Waals surface area (Å²) in [6.45, 7) is 0.315. The van der Waals surface area contributed by atoms with Crippen molar-refractivity contribution >= 4 is 44.9 Å². The average molecular weight is 382 g/mol. The first kappa shape index (κ1) is 16.5. The predicted octanol–water partition coefficient (Wildman–Crippen LogP) is 3.54. The van der Waals surface area contributed by atoms with Crippen LogP contribution in [0.4, 0.5) is 10.2 Å². The molecule has 0 atom stereocenters. The highest BCUT2D eigenvalue weighted by Gasteiger charge is 2.10. The van der Waals surface area contributed by atoms with Gasteiger partial charge in [-0.25, -0.2) is 9.37 Å². The van der Waals surface area contributed by atoms with Crippen LogP contribution >= 0.6 is 28.1 Å². The monoisotopic (exact) mass is 381 g/mol. The molecular weight excluding hydrogens is 369 g/mol. The Bertz CT molecular complexity index is 679. The molecular formula is C15H13BrFN3OS. The van der Waals surface area contributed by atoms with Crippen LogP contribution in [0.1, 0.15) is 16.8 Å². The van der Waals surface area contributed by atoms with Crippen LogP contribution in [0.15, 0.2) is 47.1 Å². The maximum Gasteiger partial charge on any atom is 0.171 e. The lowest BCUT2D eigenvalue weighted by atomic mass is 10.1. The van der Waals surface area contributed by atoms with E-state index in [-0.39, 0.29) is 17.8 Å². The zero-order valence-electron chi connectivity index (χ0n) is 11.5. The smallest absolute Gasteiger partial charge is 0.171 e. The number of anilines is 1. The van der Waals surface area contributed by atoms with Crippen molar-refractivity contribution in [1.82, 2.24) is 10.3 Å². The van der Waals surface area contributed by atoms with Gasteiger partial charge in [-0.1, -0.05) is 12.1 Å². The van der Waals surface area contributed by atoms with Gasteiger partial charge in [0.2, 0.25) is 0 Å². The third kappa shape index (κ3) is 4.85. The summed E-state index contributed by atoms with van der Waals surface area (Å²) in [5.41, 5.74) is 0.0951. The zero-order chi connectivity index (χ0) is 15.9. The van der Waals surface area contributed by atoms with E-state index in [0.29, 0.717) is 17.5 Å². The molecule has 0 aliphatic rings. The minimum absolute atomic E-state index is 0.0951. The van der Waals surface area contributed by atoms with Crippen LogP contribution in [-0.2, 0) is 0 Å². The van der Waals surface area contributed by atoms with Gasteiger partial charge in [-0.2, -0.15) is 0 Å². The Morgan fingerprint density at radius 2 is 2.05 bits per heavy atom. The molecule has 1 heterocycles. The summed E-state index contributed by atoms with van der Waals surface area (Å²) in [6, 6.07) is 9.53. The number of nitrogens with zero attached hydrogens (tertiary/aromatic N) is 1. The number of pyridine rings is 1. The molecule has 0 spiro atoms. The van der Waals surface area contributed by atoms with Gasteiger partial charge < -0.3 is 10.6 Å². The molecule has 0 unspecified atom stereocenters. The standard InChI is InChI=1S/C15H13BrFN3OS/c16-10-5-6-14(19-9-10)20-15(22)18-8-7-13(21)11-3-1-2-4-12(11)17/h1-6,9H,7-8H2,(H2,18,19,20,22). The highest BCUT2D eigenvalue weighted by Crippen LogP contribution is 2.10. The number of nitrogens with one attached hydrogen (secondary N) is 2. The Balaban J connectivity index is 1.78. The lowest BCUT2D eigenvalue weighted by Gasteiger charge is -2.09. The summed E-state index contributed by atoms with van der Waals surface area (Å²) in [6.07, 6.45) is 1.79. The molecule has 0 fully saturated rings. The SMILES string of the molecule is O=C(CCNC(=S)Nc1ccc(Br)cn1)c1ccccc1F. The second kappa shape index (κ2) is 7.95. The molecule has 0 amide bonds. The molecule has 0 bridgehead atoms. The van der Waals surface area contributed by atoms with E-state index in [1.54, 1.807) is 24.4 Å². The van der Waals surface area contributed by atoms with Gasteiger partial charge in [-0.15, -0.1) is 0 Å². The first-order chi connectivity index (χ1) is 10.6. The van der Waals surface area contributed by atoms with Crippen molar-refractivity contribution < 1.29 is 9.18 Å². The van der Waals surface area contributed by atoms with Crippen LogP contribution in [0.3, 0.4) is 0 Å². The van der Waals surface area contributed by atoms with Crippen LogP contribution in [0.5, 0.6) is 0 Å². The maximum atomic E-state index is 13.5. The largest absolute Gasteiger partial charge is 0.362 e. The normalized spacial score (nSPS) is 10.1. The van der Waals surface area contributed by atoms with E-state index in [1.165, 1.54) is 12.1 Å². The van der Waals surface area contributed by atoms with E-state index in [9.17, 15) is 9.18 Å². The molecule has 0 radical (unpaired) electrons. The molecule has 114 valence electrons. The number of aromatic nitrogens is 1. The Kier molecular flexibility index (Phi) is 5.97. The number of hydrogen-bond donors (Lipinski definition) is 2. The Morgan fingerprint density at radius 3 is 2.73 bits per heavy atom. The first-order valence-electron chi connectivity index (χ1n) is 6.50. The zero-order valence-corrected chi connectivity index (χ0v) is 13.9. The number of ketones is 1. The summed E-state index contributed by atoms with van der Waals surface area (Å²) in [5.74, 6) is -0.177. The van der Waals surface area contributed by atoms with E-state index in [2.05, 4.69) is 31.5 Å². The molecule has 2 N–H and O–H groups in total. The summed E-state index contributed by atoms with van der Waals surface area (Å²) < 4.78 is 14.3. The van der Waals surface area contributed by atoms with E-state index < -0.39 is 5.82 Å². The number of Topliss-reactive ketones (excluding diaryl/α,β-unsaturated/α-hetero) is 1. The van der Waals surface area contributed by atoms with Crippen molar-refractivity contribution in [3.05, 3.63) is 58.4 Å². The quantitative estimate of drug-likeness (QED) is 0.612. The molecule has 2 rings (SSSR count). The molecule has 0 saturated carbocycles. The second-order valence-electron chi connectivity index (χ2n) is 4.40. The lowest BCUT2D eigenvalue weighted by molar-refractivity contribution is 0.0980. The van der Waals surface area contributed by atoms with Crippen LogP contribution < -0.4 is 10.6 Å². The van der Waals surface area contributed by atoms with Crippen LogP contribution in [0.2, 0.25) is 0 Å². The number of rotatable bonds is 5. The Labute approximate surface area is 141 Å². The number of benzene rings is 1. The van der Waals surface area contributed by atoms with Crippen molar-refractivity contribution in [3.8, 4) is 0 Å². The average Bonchev–Trinajstić information content (AvgIpc) is 2.50. The van der Waals surface area contributed by atoms with E-state index in [1.807, 2.05) is 6.07 Å². The number of halogens is 2. The summed E-state index contributed by atoms with van der Waals surface area (Å²) in [4.78, 5) is 16.0. The van der Waals surface area contributed by atoms with Crippen molar-refractivity contribution in [3.63, 3.8) is 0 Å². The maximum absolute atomic E-state index is 13.5. The van der Waals surface area contributed by atoms with Gasteiger partial charge >= 0.3 is 0 Å². The molecule has 0 aliphatic heterocycles. The number of carbonyl (C=O) groups is 1. The van der Waals surface area contributed by atoms with Crippen LogP contribution in [-0.4, -0.2) is 22.4 Å². The third-order valence-corrected chi connectivity index (χ3v) is 3.50. The van der Waals surface area contributed by atoms with Gasteiger partial charge in [-0.05, 0) is 52.4 Å². The van der Waals surface area contributed by atoms with Gasteiger partial charge in [0.1, 0.15) is 11.6 Å². The third-order valence-electron chi connectivity index (χ3n) is 2.78. The Hall–Kier alpha value is -1.86. The fraction of sp³-hybridized carbons (Fsp3) is 0.133. The highest BCUT2D eigenvalue weighted by atomic mass is 79.9. The Morgan fingerprint density at radius 1 is 1.27 bits per heavy atom. The van der Waals surface area contributed by atoms with E-state index >= 15 is 0 Å². The fourth-order valence-corrected chi connectivity index (χ4v) is 2.16. The van der Waals surface area contributed by atoms with Crippen molar-refractivity contribution in [2.75, 3.05) is 11.9 Å². The van der Waals surface area contributed by atoms with Gasteiger partial charge in [0.05, 0.1) is 5.56 Å². The minimum Gasteiger partial charge on any atom is -0.362 e. The molecule has 0 saturated heterocycles. The number of thiocarbonyl (C=S) groups is 1. The molecule has 2 aromatic rings. The lowest BCUT2D eigenvalue weighted by Crippen LogP contribution is -2.30. The van der Waals surface area contributed by atoms with Crippen LogP contribution in [0.25, 0.3) is 0 Å². The van der Waals surface area contributed by atoms with Gasteiger partial charge in [-0.3, -0.25) is 4.79 Å². The van der Waals surface area contributed by atoms with Gasteiger partial charge in [0.25, 0.3) is 0 Å². The summed E-state index contributed by atoms with van der Waals surface area (Å²) in [5, 5.41) is 6.15. The summed E-state index contributed by atoms with van der Waals surface area (Å²) in [7, 11) is 0. The molecule has 7 heteroatoms. The number of carbonyl (C=O) groups excluding carboxylic acids is 1. The molecule has 0 aliphatic carbocycles. The predicted molar refractivity (Wildman–Crippen MR) is 91.5 cm³/mol. The fourth-order valence-electron chi connectivity index (χ4n) is 1.72. The van der Waals surface area contributed by atoms with E-state index in [0.717, 1.165) is 4.47 Å². The number of hydrogen-bond acceptors (Lipinski definition) is 3. The van der Waals surface area contributed by atoms with Crippen molar-refractivity contribution in [2.45, 2.75) is 6.42 Å².